The Morgan fingerprint density at radius 1 is 1.29 bits per heavy atom. The summed E-state index contributed by atoms with van der Waals surface area (Å²) in [6.07, 6.45) is 0.656. The van der Waals surface area contributed by atoms with Gasteiger partial charge in [0.25, 0.3) is 5.56 Å². The van der Waals surface area contributed by atoms with Crippen LogP contribution >= 0.6 is 0 Å². The molecule has 1 aromatic heterocycles. The molecular weight excluding hydrogens is 219 g/mol. The van der Waals surface area contributed by atoms with Gasteiger partial charge in [-0.1, -0.05) is 6.92 Å². The molecule has 2 aromatic rings. The molecule has 0 aliphatic heterocycles. The molecule has 1 N–H and O–H groups in total. The van der Waals surface area contributed by atoms with E-state index in [0.29, 0.717) is 23.5 Å². The molecule has 0 spiro atoms. The Kier molecular flexibility index (Phi) is 3.04. The van der Waals surface area contributed by atoms with Gasteiger partial charge in [-0.25, -0.2) is 9.37 Å². The van der Waals surface area contributed by atoms with Gasteiger partial charge in [-0.05, 0) is 31.2 Å². The van der Waals surface area contributed by atoms with E-state index in [9.17, 15) is 9.18 Å². The molecule has 0 fully saturated rings. The Morgan fingerprint density at radius 2 is 1.94 bits per heavy atom. The number of nitrogens with one attached hydrogen (secondary N) is 1. The Bertz CT molecular complexity index is 587. The molecule has 3 nitrogen and oxygen atoms in total. The first-order chi connectivity index (χ1) is 8.11. The summed E-state index contributed by atoms with van der Waals surface area (Å²) >= 11 is 0. The molecule has 0 bridgehead atoms. The third-order valence-corrected chi connectivity index (χ3v) is 2.65. The number of hydrogen-bond acceptors (Lipinski definition) is 2. The van der Waals surface area contributed by atoms with Gasteiger partial charge in [0.15, 0.2) is 0 Å². The predicted octanol–water partition coefficient (Wildman–Crippen LogP) is 2.45. The van der Waals surface area contributed by atoms with E-state index in [1.165, 1.54) is 12.1 Å². The fraction of sp³-hybridized carbons (Fsp3) is 0.231. The van der Waals surface area contributed by atoms with Gasteiger partial charge in [-0.2, -0.15) is 0 Å². The summed E-state index contributed by atoms with van der Waals surface area (Å²) in [6.45, 7) is 3.63. The molecule has 0 radical (unpaired) electrons. The molecule has 17 heavy (non-hydrogen) atoms. The van der Waals surface area contributed by atoms with Crippen LogP contribution in [0.2, 0.25) is 0 Å². The van der Waals surface area contributed by atoms with E-state index >= 15 is 0 Å². The van der Waals surface area contributed by atoms with Crippen molar-refractivity contribution in [2.45, 2.75) is 20.3 Å². The number of nitrogens with zero attached hydrogens (tertiary/aromatic N) is 1. The van der Waals surface area contributed by atoms with Crippen LogP contribution in [0.5, 0.6) is 0 Å². The molecule has 0 amide bonds. The van der Waals surface area contributed by atoms with Crippen molar-refractivity contribution >= 4 is 0 Å². The van der Waals surface area contributed by atoms with Crippen molar-refractivity contribution in [3.8, 4) is 11.3 Å². The fourth-order valence-corrected chi connectivity index (χ4v) is 1.64. The lowest BCUT2D eigenvalue weighted by Crippen LogP contribution is -2.15. The van der Waals surface area contributed by atoms with Gasteiger partial charge in [-0.15, -0.1) is 0 Å². The largest absolute Gasteiger partial charge is 0.310 e. The van der Waals surface area contributed by atoms with Crippen LogP contribution in [0.15, 0.2) is 29.1 Å². The van der Waals surface area contributed by atoms with Gasteiger partial charge in [0.05, 0.1) is 5.69 Å². The minimum atomic E-state index is -0.299. The van der Waals surface area contributed by atoms with Crippen molar-refractivity contribution in [2.75, 3.05) is 0 Å². The van der Waals surface area contributed by atoms with E-state index in [2.05, 4.69) is 9.97 Å². The zero-order valence-electron chi connectivity index (χ0n) is 9.75. The standard InChI is InChI=1S/C13H13FN2O/c1-3-11-15-12(8(2)13(17)16-11)9-4-6-10(14)7-5-9/h4-7H,3H2,1-2H3,(H,15,16,17). The number of aryl methyl sites for hydroxylation is 1. The molecule has 0 saturated heterocycles. The van der Waals surface area contributed by atoms with E-state index in [1.807, 2.05) is 6.92 Å². The molecule has 4 heteroatoms. The maximum absolute atomic E-state index is 12.8. The smallest absolute Gasteiger partial charge is 0.254 e. The number of halogens is 1. The normalized spacial score (nSPS) is 10.5. The third-order valence-electron chi connectivity index (χ3n) is 2.65. The first kappa shape index (κ1) is 11.5. The minimum absolute atomic E-state index is 0.142. The first-order valence-electron chi connectivity index (χ1n) is 5.47. The van der Waals surface area contributed by atoms with E-state index in [-0.39, 0.29) is 11.4 Å². The van der Waals surface area contributed by atoms with Crippen molar-refractivity contribution in [3.63, 3.8) is 0 Å². The number of benzene rings is 1. The zero-order chi connectivity index (χ0) is 12.4. The van der Waals surface area contributed by atoms with Gasteiger partial charge in [0.1, 0.15) is 11.6 Å². The summed E-state index contributed by atoms with van der Waals surface area (Å²) in [5, 5.41) is 0. The lowest BCUT2D eigenvalue weighted by Gasteiger charge is -2.06. The third kappa shape index (κ3) is 2.25. The highest BCUT2D eigenvalue weighted by Gasteiger charge is 2.08. The molecule has 1 heterocycles. The number of H-pyrrole nitrogens is 1. The highest BCUT2D eigenvalue weighted by molar-refractivity contribution is 5.62. The second-order valence-electron chi connectivity index (χ2n) is 3.85. The van der Waals surface area contributed by atoms with E-state index in [0.717, 1.165) is 5.56 Å². The number of hydrogen-bond donors (Lipinski definition) is 1. The lowest BCUT2D eigenvalue weighted by molar-refractivity contribution is 0.628. The maximum Gasteiger partial charge on any atom is 0.254 e. The molecule has 0 saturated carbocycles. The highest BCUT2D eigenvalue weighted by atomic mass is 19.1. The van der Waals surface area contributed by atoms with Crippen molar-refractivity contribution < 1.29 is 4.39 Å². The van der Waals surface area contributed by atoms with Crippen molar-refractivity contribution in [1.29, 1.82) is 0 Å². The number of aromatic amines is 1. The summed E-state index contributed by atoms with van der Waals surface area (Å²) in [5.74, 6) is 0.340. The van der Waals surface area contributed by atoms with Gasteiger partial charge >= 0.3 is 0 Å². The Balaban J connectivity index is 2.62. The molecule has 0 aliphatic rings. The maximum atomic E-state index is 12.8. The van der Waals surface area contributed by atoms with Gasteiger partial charge in [-0.3, -0.25) is 4.79 Å². The van der Waals surface area contributed by atoms with Gasteiger partial charge in [0, 0.05) is 17.5 Å². The predicted molar refractivity (Wildman–Crippen MR) is 64.4 cm³/mol. The first-order valence-corrected chi connectivity index (χ1v) is 5.47. The van der Waals surface area contributed by atoms with Crippen LogP contribution < -0.4 is 5.56 Å². The topological polar surface area (TPSA) is 45.8 Å². The van der Waals surface area contributed by atoms with Crippen molar-refractivity contribution in [3.05, 3.63) is 51.8 Å². The molecule has 0 aliphatic carbocycles. The summed E-state index contributed by atoms with van der Waals surface area (Å²) in [6, 6.07) is 5.99. The molecule has 1 aromatic carbocycles. The SMILES string of the molecule is CCc1nc(-c2ccc(F)cc2)c(C)c(=O)[nH]1. The van der Waals surface area contributed by atoms with Gasteiger partial charge < -0.3 is 4.98 Å². The summed E-state index contributed by atoms with van der Waals surface area (Å²) in [5.41, 5.74) is 1.78. The zero-order valence-corrected chi connectivity index (χ0v) is 9.75. The average molecular weight is 232 g/mol. The van der Waals surface area contributed by atoms with Crippen LogP contribution in [-0.2, 0) is 6.42 Å². The molecule has 0 unspecified atom stereocenters. The molecular formula is C13H13FN2O. The Hall–Kier alpha value is -1.97. The van der Waals surface area contributed by atoms with Crippen molar-refractivity contribution in [2.24, 2.45) is 0 Å². The van der Waals surface area contributed by atoms with E-state index < -0.39 is 0 Å². The summed E-state index contributed by atoms with van der Waals surface area (Å²) < 4.78 is 12.8. The molecule has 2 rings (SSSR count). The highest BCUT2D eigenvalue weighted by Crippen LogP contribution is 2.19. The summed E-state index contributed by atoms with van der Waals surface area (Å²) in [7, 11) is 0. The monoisotopic (exact) mass is 232 g/mol. The summed E-state index contributed by atoms with van der Waals surface area (Å²) in [4.78, 5) is 18.8. The minimum Gasteiger partial charge on any atom is -0.310 e. The molecule has 0 atom stereocenters. The van der Waals surface area contributed by atoms with Crippen LogP contribution in [0, 0.1) is 12.7 Å². The second kappa shape index (κ2) is 4.49. The van der Waals surface area contributed by atoms with E-state index in [1.54, 1.807) is 19.1 Å². The lowest BCUT2D eigenvalue weighted by atomic mass is 10.1. The van der Waals surface area contributed by atoms with Crippen molar-refractivity contribution in [1.82, 2.24) is 9.97 Å². The molecule has 88 valence electrons. The quantitative estimate of drug-likeness (QED) is 0.864. The number of aromatic nitrogens is 2. The van der Waals surface area contributed by atoms with Crippen LogP contribution in [0.3, 0.4) is 0 Å². The van der Waals surface area contributed by atoms with Gasteiger partial charge in [0.2, 0.25) is 0 Å². The number of rotatable bonds is 2. The van der Waals surface area contributed by atoms with Crippen LogP contribution in [0.1, 0.15) is 18.3 Å². The Morgan fingerprint density at radius 3 is 2.53 bits per heavy atom. The van der Waals surface area contributed by atoms with Crippen LogP contribution in [0.25, 0.3) is 11.3 Å². The fourth-order valence-electron chi connectivity index (χ4n) is 1.64. The Labute approximate surface area is 98.3 Å². The van der Waals surface area contributed by atoms with Crippen LogP contribution in [-0.4, -0.2) is 9.97 Å². The average Bonchev–Trinajstić information content (AvgIpc) is 2.34. The van der Waals surface area contributed by atoms with Crippen LogP contribution in [0.4, 0.5) is 4.39 Å². The van der Waals surface area contributed by atoms with E-state index in [4.69, 9.17) is 0 Å². The second-order valence-corrected chi connectivity index (χ2v) is 3.85.